The number of carbonyl (C=O) groups is 1. The number of nitrogens with zero attached hydrogens (tertiary/aromatic N) is 2. The summed E-state index contributed by atoms with van der Waals surface area (Å²) in [6, 6.07) is 5.53. The summed E-state index contributed by atoms with van der Waals surface area (Å²) in [5.74, 6) is -0.997. The van der Waals surface area contributed by atoms with Crippen molar-refractivity contribution in [2.75, 3.05) is 0 Å². The van der Waals surface area contributed by atoms with Crippen molar-refractivity contribution in [2.45, 2.75) is 6.92 Å². The standard InChI is InChI=1S/C9H8N2O2.2H2O/c1-6-3-2-4-8-10-7(9(12)13)5-11(6)8;;/h2-5H,1H3,(H,12,13);2*1H2. The van der Waals surface area contributed by atoms with E-state index in [1.165, 1.54) is 6.20 Å². The molecule has 6 nitrogen and oxygen atoms in total. The van der Waals surface area contributed by atoms with Crippen LogP contribution in [-0.2, 0) is 0 Å². The molecule has 0 amide bonds. The number of fused-ring (bicyclic) bond motifs is 1. The van der Waals surface area contributed by atoms with Gasteiger partial charge in [0.2, 0.25) is 0 Å². The summed E-state index contributed by atoms with van der Waals surface area (Å²) in [6.07, 6.45) is 1.52. The second-order valence-electron chi connectivity index (χ2n) is 2.83. The van der Waals surface area contributed by atoms with Gasteiger partial charge in [0.15, 0.2) is 5.69 Å². The van der Waals surface area contributed by atoms with Gasteiger partial charge in [-0.2, -0.15) is 0 Å². The SMILES string of the molecule is Cc1cccc2nc(C(=O)O)cn12.O.O. The monoisotopic (exact) mass is 212 g/mol. The van der Waals surface area contributed by atoms with Gasteiger partial charge >= 0.3 is 5.97 Å². The fraction of sp³-hybridized carbons (Fsp3) is 0.111. The average molecular weight is 212 g/mol. The van der Waals surface area contributed by atoms with Gasteiger partial charge in [-0.1, -0.05) is 6.07 Å². The van der Waals surface area contributed by atoms with Crippen LogP contribution in [0, 0.1) is 6.92 Å². The molecule has 5 N–H and O–H groups in total. The summed E-state index contributed by atoms with van der Waals surface area (Å²) >= 11 is 0. The van der Waals surface area contributed by atoms with Gasteiger partial charge in [0.1, 0.15) is 5.65 Å². The van der Waals surface area contributed by atoms with Gasteiger partial charge in [-0.25, -0.2) is 9.78 Å². The zero-order valence-corrected chi connectivity index (χ0v) is 8.06. The number of aryl methyl sites for hydroxylation is 1. The zero-order valence-electron chi connectivity index (χ0n) is 8.06. The van der Waals surface area contributed by atoms with Crippen LogP contribution in [0.1, 0.15) is 16.2 Å². The highest BCUT2D eigenvalue weighted by atomic mass is 16.4. The maximum Gasteiger partial charge on any atom is 0.356 e. The van der Waals surface area contributed by atoms with Gasteiger partial charge in [0, 0.05) is 11.9 Å². The predicted octanol–water partition coefficient (Wildman–Crippen LogP) is -0.308. The first-order chi connectivity index (χ1) is 6.18. The lowest BCUT2D eigenvalue weighted by Gasteiger charge is -1.95. The molecule has 0 atom stereocenters. The second kappa shape index (κ2) is 4.54. The van der Waals surface area contributed by atoms with Crippen molar-refractivity contribution in [3.8, 4) is 0 Å². The molecule has 0 aliphatic carbocycles. The van der Waals surface area contributed by atoms with E-state index in [2.05, 4.69) is 4.98 Å². The largest absolute Gasteiger partial charge is 0.476 e. The molecular formula is C9H12N2O4. The minimum absolute atomic E-state index is 0. The Morgan fingerprint density at radius 2 is 2.07 bits per heavy atom. The first-order valence-corrected chi connectivity index (χ1v) is 3.86. The highest BCUT2D eigenvalue weighted by Gasteiger charge is 2.08. The molecule has 0 fully saturated rings. The van der Waals surface area contributed by atoms with E-state index in [4.69, 9.17) is 5.11 Å². The van der Waals surface area contributed by atoms with Crippen LogP contribution in [0.2, 0.25) is 0 Å². The third-order valence-corrected chi connectivity index (χ3v) is 1.92. The fourth-order valence-electron chi connectivity index (χ4n) is 1.25. The van der Waals surface area contributed by atoms with Crippen molar-refractivity contribution in [3.63, 3.8) is 0 Å². The summed E-state index contributed by atoms with van der Waals surface area (Å²) in [5.41, 5.74) is 1.71. The van der Waals surface area contributed by atoms with Gasteiger partial charge in [0.05, 0.1) is 0 Å². The Hall–Kier alpha value is -1.92. The number of aromatic nitrogens is 2. The fourth-order valence-corrected chi connectivity index (χ4v) is 1.25. The van der Waals surface area contributed by atoms with Gasteiger partial charge in [-0.05, 0) is 19.1 Å². The number of hydrogen-bond donors (Lipinski definition) is 1. The normalized spacial score (nSPS) is 9.13. The van der Waals surface area contributed by atoms with E-state index in [1.54, 1.807) is 10.5 Å². The predicted molar refractivity (Wildman–Crippen MR) is 54.1 cm³/mol. The molecule has 0 radical (unpaired) electrons. The van der Waals surface area contributed by atoms with Crippen LogP contribution in [-0.4, -0.2) is 31.4 Å². The van der Waals surface area contributed by atoms with Crippen LogP contribution in [0.15, 0.2) is 24.4 Å². The molecule has 0 aliphatic heterocycles. The molecule has 15 heavy (non-hydrogen) atoms. The van der Waals surface area contributed by atoms with E-state index in [0.29, 0.717) is 5.65 Å². The second-order valence-corrected chi connectivity index (χ2v) is 2.83. The van der Waals surface area contributed by atoms with Gasteiger partial charge in [-0.15, -0.1) is 0 Å². The Kier molecular flexibility index (Phi) is 3.96. The molecule has 0 aromatic carbocycles. The number of imidazole rings is 1. The summed E-state index contributed by atoms with van der Waals surface area (Å²) in [4.78, 5) is 14.5. The molecule has 6 heteroatoms. The van der Waals surface area contributed by atoms with Crippen molar-refractivity contribution in [2.24, 2.45) is 0 Å². The van der Waals surface area contributed by atoms with E-state index in [-0.39, 0.29) is 16.6 Å². The number of rotatable bonds is 1. The molecule has 2 aromatic rings. The molecule has 0 spiro atoms. The first kappa shape index (κ1) is 13.1. The molecule has 2 rings (SSSR count). The Labute approximate surface area is 85.4 Å². The lowest BCUT2D eigenvalue weighted by Crippen LogP contribution is -1.95. The molecule has 2 heterocycles. The molecule has 0 unspecified atom stereocenters. The van der Waals surface area contributed by atoms with E-state index >= 15 is 0 Å². The lowest BCUT2D eigenvalue weighted by atomic mass is 10.4. The molecule has 82 valence electrons. The van der Waals surface area contributed by atoms with E-state index in [9.17, 15) is 4.79 Å². The molecule has 0 bridgehead atoms. The minimum Gasteiger partial charge on any atom is -0.476 e. The quantitative estimate of drug-likeness (QED) is 0.698. The van der Waals surface area contributed by atoms with Gasteiger partial charge in [0.25, 0.3) is 0 Å². The van der Waals surface area contributed by atoms with E-state index < -0.39 is 5.97 Å². The number of carboxylic acid groups (broad SMARTS) is 1. The molecule has 2 aromatic heterocycles. The highest BCUT2D eigenvalue weighted by Crippen LogP contribution is 2.07. The lowest BCUT2D eigenvalue weighted by molar-refractivity contribution is 0.0691. The summed E-state index contributed by atoms with van der Waals surface area (Å²) < 4.78 is 1.75. The number of pyridine rings is 1. The zero-order chi connectivity index (χ0) is 9.42. The van der Waals surface area contributed by atoms with Crippen LogP contribution in [0.25, 0.3) is 5.65 Å². The Morgan fingerprint density at radius 3 is 2.60 bits per heavy atom. The van der Waals surface area contributed by atoms with E-state index in [0.717, 1.165) is 5.69 Å². The van der Waals surface area contributed by atoms with Crippen LogP contribution in [0.4, 0.5) is 0 Å². The summed E-state index contributed by atoms with van der Waals surface area (Å²) in [7, 11) is 0. The maximum atomic E-state index is 10.6. The van der Waals surface area contributed by atoms with Crippen molar-refractivity contribution in [1.29, 1.82) is 0 Å². The minimum atomic E-state index is -0.997. The third-order valence-electron chi connectivity index (χ3n) is 1.92. The smallest absolute Gasteiger partial charge is 0.356 e. The number of hydrogen-bond acceptors (Lipinski definition) is 2. The molecule has 0 saturated heterocycles. The van der Waals surface area contributed by atoms with Gasteiger partial charge < -0.3 is 20.5 Å². The maximum absolute atomic E-state index is 10.6. The van der Waals surface area contributed by atoms with Crippen molar-refractivity contribution in [3.05, 3.63) is 35.8 Å². The summed E-state index contributed by atoms with van der Waals surface area (Å²) in [5, 5.41) is 8.70. The van der Waals surface area contributed by atoms with Crippen LogP contribution in [0.3, 0.4) is 0 Å². The van der Waals surface area contributed by atoms with Crippen molar-refractivity contribution >= 4 is 11.6 Å². The molecule has 0 aliphatic rings. The van der Waals surface area contributed by atoms with Gasteiger partial charge in [-0.3, -0.25) is 0 Å². The first-order valence-electron chi connectivity index (χ1n) is 3.86. The Morgan fingerprint density at radius 1 is 1.40 bits per heavy atom. The third kappa shape index (κ3) is 2.12. The van der Waals surface area contributed by atoms with Crippen molar-refractivity contribution < 1.29 is 20.9 Å². The van der Waals surface area contributed by atoms with Crippen LogP contribution < -0.4 is 0 Å². The highest BCUT2D eigenvalue weighted by molar-refractivity contribution is 5.86. The van der Waals surface area contributed by atoms with E-state index in [1.807, 2.05) is 19.1 Å². The topological polar surface area (TPSA) is 118 Å². The average Bonchev–Trinajstić information content (AvgIpc) is 2.49. The molecular weight excluding hydrogens is 200 g/mol. The van der Waals surface area contributed by atoms with Crippen molar-refractivity contribution in [1.82, 2.24) is 9.38 Å². The number of carboxylic acids is 1. The number of aromatic carboxylic acids is 1. The van der Waals surface area contributed by atoms with Crippen LogP contribution in [0.5, 0.6) is 0 Å². The summed E-state index contributed by atoms with van der Waals surface area (Å²) in [6.45, 7) is 1.90. The molecule has 0 saturated carbocycles. The Bertz CT molecular complexity index is 478. The van der Waals surface area contributed by atoms with Crippen LogP contribution >= 0.6 is 0 Å². The Balaban J connectivity index is 0.000000980.